The Labute approximate surface area is 139 Å². The second-order valence-corrected chi connectivity index (χ2v) is 4.76. The van der Waals surface area contributed by atoms with Crippen LogP contribution in [0.3, 0.4) is 0 Å². The van der Waals surface area contributed by atoms with E-state index in [1.54, 1.807) is 48.5 Å². The van der Waals surface area contributed by atoms with Crippen LogP contribution in [-0.2, 0) is 4.79 Å². The number of rotatable bonds is 7. The molecule has 0 fully saturated rings. The Hall–Kier alpha value is -3.35. The minimum atomic E-state index is -0.541. The summed E-state index contributed by atoms with van der Waals surface area (Å²) < 4.78 is 10.2. The molecule has 24 heavy (non-hydrogen) atoms. The van der Waals surface area contributed by atoms with Crippen LogP contribution < -0.4 is 20.6 Å². The van der Waals surface area contributed by atoms with E-state index in [4.69, 9.17) is 15.2 Å². The van der Waals surface area contributed by atoms with Gasteiger partial charge in [0.25, 0.3) is 11.8 Å². The van der Waals surface area contributed by atoms with Crippen molar-refractivity contribution < 1.29 is 19.1 Å². The highest BCUT2D eigenvalue weighted by molar-refractivity contribution is 5.95. The molecule has 0 bridgehead atoms. The van der Waals surface area contributed by atoms with E-state index in [0.29, 0.717) is 17.1 Å². The van der Waals surface area contributed by atoms with Gasteiger partial charge in [0.2, 0.25) is 0 Å². The monoisotopic (exact) mass is 327 g/mol. The second-order valence-electron chi connectivity index (χ2n) is 4.76. The highest BCUT2D eigenvalue weighted by atomic mass is 16.5. The molecule has 2 amide bonds. The molecule has 2 aromatic rings. The van der Waals surface area contributed by atoms with Crippen LogP contribution in [0.5, 0.6) is 11.5 Å². The zero-order chi connectivity index (χ0) is 17.4. The molecule has 2 rings (SSSR count). The van der Waals surface area contributed by atoms with Gasteiger partial charge in [-0.3, -0.25) is 9.59 Å². The van der Waals surface area contributed by atoms with Gasteiger partial charge in [0.15, 0.2) is 6.61 Å². The lowest BCUT2D eigenvalue weighted by Gasteiger charge is -2.04. The van der Waals surface area contributed by atoms with E-state index in [0.717, 1.165) is 5.56 Å². The van der Waals surface area contributed by atoms with Crippen molar-refractivity contribution in [2.24, 2.45) is 10.8 Å². The molecule has 0 aliphatic rings. The molecule has 3 N–H and O–H groups in total. The number of methoxy groups -OCH3 is 1. The molecule has 0 aromatic heterocycles. The molecule has 0 spiro atoms. The van der Waals surface area contributed by atoms with Crippen molar-refractivity contribution in [2.75, 3.05) is 13.7 Å². The Bertz CT molecular complexity index is 742. The zero-order valence-corrected chi connectivity index (χ0v) is 13.1. The molecule has 7 nitrogen and oxygen atoms in total. The molecule has 7 heteroatoms. The summed E-state index contributed by atoms with van der Waals surface area (Å²) in [6.07, 6.45) is 1.50. The topological polar surface area (TPSA) is 103 Å². The summed E-state index contributed by atoms with van der Waals surface area (Å²) in [5, 5.41) is 3.90. The number of hydrazone groups is 1. The van der Waals surface area contributed by atoms with Gasteiger partial charge >= 0.3 is 0 Å². The highest BCUT2D eigenvalue weighted by Gasteiger charge is 2.05. The van der Waals surface area contributed by atoms with Crippen LogP contribution in [0, 0.1) is 0 Å². The summed E-state index contributed by atoms with van der Waals surface area (Å²) >= 11 is 0. The van der Waals surface area contributed by atoms with Crippen molar-refractivity contribution >= 4 is 18.0 Å². The van der Waals surface area contributed by atoms with Gasteiger partial charge in [-0.25, -0.2) is 5.43 Å². The number of nitrogens with zero attached hydrogens (tertiary/aromatic N) is 1. The molecular weight excluding hydrogens is 310 g/mol. The molecule has 0 heterocycles. The van der Waals surface area contributed by atoms with E-state index in [1.165, 1.54) is 13.3 Å². The number of amides is 2. The Balaban J connectivity index is 1.91. The normalized spacial score (nSPS) is 10.4. The largest absolute Gasteiger partial charge is 0.497 e. The predicted molar refractivity (Wildman–Crippen MR) is 89.2 cm³/mol. The number of hydrogen-bond donors (Lipinski definition) is 2. The van der Waals surface area contributed by atoms with Gasteiger partial charge in [0.1, 0.15) is 11.5 Å². The number of hydrogen-bond acceptors (Lipinski definition) is 5. The maximum absolute atomic E-state index is 12.0. The molecule has 0 atom stereocenters. The Kier molecular flexibility index (Phi) is 5.90. The maximum Gasteiger partial charge on any atom is 0.271 e. The summed E-state index contributed by atoms with van der Waals surface area (Å²) in [6, 6.07) is 13.6. The minimum Gasteiger partial charge on any atom is -0.497 e. The van der Waals surface area contributed by atoms with Crippen LogP contribution >= 0.6 is 0 Å². The fourth-order valence-electron chi connectivity index (χ4n) is 1.80. The number of benzene rings is 2. The van der Waals surface area contributed by atoms with E-state index in [9.17, 15) is 9.59 Å². The summed E-state index contributed by atoms with van der Waals surface area (Å²) in [4.78, 5) is 22.6. The van der Waals surface area contributed by atoms with Crippen LogP contribution in [0.4, 0.5) is 0 Å². The molecule has 124 valence electrons. The predicted octanol–water partition coefficient (Wildman–Crippen LogP) is 1.32. The van der Waals surface area contributed by atoms with Gasteiger partial charge in [0, 0.05) is 5.56 Å². The number of nitrogens with one attached hydrogen (secondary N) is 1. The Morgan fingerprint density at radius 2 is 1.92 bits per heavy atom. The standard InChI is InChI=1S/C17H17N3O4/c1-23-15-4-2-3-13(9-15)17(22)20-19-10-12-5-7-14(8-6-12)24-11-16(18)21/h2-10H,11H2,1H3,(H2,18,21)(H,20,22)/b19-10-. The third-order valence-corrected chi connectivity index (χ3v) is 2.97. The van der Waals surface area contributed by atoms with Gasteiger partial charge in [0.05, 0.1) is 13.3 Å². The maximum atomic E-state index is 12.0. The smallest absolute Gasteiger partial charge is 0.271 e. The first kappa shape index (κ1) is 17.0. The summed E-state index contributed by atoms with van der Waals surface area (Å²) in [5.41, 5.74) is 8.64. The van der Waals surface area contributed by atoms with E-state index < -0.39 is 5.91 Å². The minimum absolute atomic E-state index is 0.177. The van der Waals surface area contributed by atoms with Crippen molar-refractivity contribution in [2.45, 2.75) is 0 Å². The quantitative estimate of drug-likeness (QED) is 0.591. The summed E-state index contributed by atoms with van der Waals surface area (Å²) in [7, 11) is 1.53. The number of carbonyl (C=O) groups is 2. The first-order valence-electron chi connectivity index (χ1n) is 7.07. The number of carbonyl (C=O) groups excluding carboxylic acids is 2. The Morgan fingerprint density at radius 3 is 2.58 bits per heavy atom. The van der Waals surface area contributed by atoms with Gasteiger partial charge in [-0.2, -0.15) is 5.10 Å². The second kappa shape index (κ2) is 8.33. The molecule has 2 aromatic carbocycles. The van der Waals surface area contributed by atoms with E-state index >= 15 is 0 Å². The SMILES string of the molecule is COc1cccc(C(=O)N/N=C\c2ccc(OCC(N)=O)cc2)c1. The van der Waals surface area contributed by atoms with Crippen LogP contribution in [0.1, 0.15) is 15.9 Å². The number of primary amides is 1. The zero-order valence-electron chi connectivity index (χ0n) is 13.1. The van der Waals surface area contributed by atoms with Crippen LogP contribution in [-0.4, -0.2) is 31.7 Å². The lowest BCUT2D eigenvalue weighted by atomic mass is 10.2. The van der Waals surface area contributed by atoms with Gasteiger partial charge < -0.3 is 15.2 Å². The number of nitrogens with two attached hydrogens (primary N) is 1. The third-order valence-electron chi connectivity index (χ3n) is 2.97. The molecule has 0 radical (unpaired) electrons. The number of ether oxygens (including phenoxy) is 2. The van der Waals surface area contributed by atoms with Crippen molar-refractivity contribution in [3.8, 4) is 11.5 Å². The lowest BCUT2D eigenvalue weighted by Crippen LogP contribution is -2.20. The summed E-state index contributed by atoms with van der Waals surface area (Å²) in [5.74, 6) is 0.233. The average Bonchev–Trinajstić information content (AvgIpc) is 2.61. The van der Waals surface area contributed by atoms with E-state index in [-0.39, 0.29) is 12.5 Å². The first-order valence-corrected chi connectivity index (χ1v) is 7.07. The lowest BCUT2D eigenvalue weighted by molar-refractivity contribution is -0.119. The van der Waals surface area contributed by atoms with Crippen LogP contribution in [0.2, 0.25) is 0 Å². The molecule has 0 saturated heterocycles. The molecule has 0 unspecified atom stereocenters. The van der Waals surface area contributed by atoms with Gasteiger partial charge in [-0.1, -0.05) is 6.07 Å². The Morgan fingerprint density at radius 1 is 1.17 bits per heavy atom. The van der Waals surface area contributed by atoms with Crippen LogP contribution in [0.25, 0.3) is 0 Å². The van der Waals surface area contributed by atoms with Crippen molar-refractivity contribution in [1.82, 2.24) is 5.43 Å². The van der Waals surface area contributed by atoms with E-state index in [2.05, 4.69) is 10.5 Å². The molecule has 0 aliphatic carbocycles. The molecule has 0 saturated carbocycles. The fourth-order valence-corrected chi connectivity index (χ4v) is 1.80. The molecular formula is C17H17N3O4. The van der Waals surface area contributed by atoms with Crippen molar-refractivity contribution in [3.05, 3.63) is 59.7 Å². The first-order chi connectivity index (χ1) is 11.6. The average molecular weight is 327 g/mol. The van der Waals surface area contributed by atoms with Gasteiger partial charge in [-0.15, -0.1) is 0 Å². The van der Waals surface area contributed by atoms with Gasteiger partial charge in [-0.05, 0) is 48.0 Å². The van der Waals surface area contributed by atoms with Crippen molar-refractivity contribution in [1.29, 1.82) is 0 Å². The van der Waals surface area contributed by atoms with Crippen LogP contribution in [0.15, 0.2) is 53.6 Å². The third kappa shape index (κ3) is 5.13. The van der Waals surface area contributed by atoms with E-state index in [1.807, 2.05) is 0 Å². The fraction of sp³-hybridized carbons (Fsp3) is 0.118. The van der Waals surface area contributed by atoms with Crippen molar-refractivity contribution in [3.63, 3.8) is 0 Å². The highest BCUT2D eigenvalue weighted by Crippen LogP contribution is 2.12. The summed E-state index contributed by atoms with van der Waals surface area (Å²) in [6.45, 7) is -0.177. The molecule has 0 aliphatic heterocycles.